The number of pyridine rings is 1. The van der Waals surface area contributed by atoms with E-state index in [-0.39, 0.29) is 11.2 Å². The molecule has 2 aromatic carbocycles. The number of rotatable bonds is 4. The van der Waals surface area contributed by atoms with Crippen LogP contribution >= 0.6 is 0 Å². The second kappa shape index (κ2) is 7.57. The number of phenolic OH excluding ortho intramolecular Hbond substituents is 1. The molecular weight excluding hydrogens is 396 g/mol. The summed E-state index contributed by atoms with van der Waals surface area (Å²) >= 11 is 0. The fourth-order valence-electron chi connectivity index (χ4n) is 3.32. The number of anilines is 1. The summed E-state index contributed by atoms with van der Waals surface area (Å²) in [7, 11) is -1.66. The van der Waals surface area contributed by atoms with Crippen LogP contribution in [0.3, 0.4) is 0 Å². The number of aromatic hydroxyl groups is 1. The molecule has 0 aliphatic rings. The Bertz CT molecular complexity index is 1250. The number of hydrogen-bond donors (Lipinski definition) is 2. The van der Waals surface area contributed by atoms with Crippen molar-refractivity contribution in [3.63, 3.8) is 0 Å². The van der Waals surface area contributed by atoms with Gasteiger partial charge in [0.25, 0.3) is 0 Å². The van der Waals surface area contributed by atoms with Crippen molar-refractivity contribution in [1.29, 1.82) is 0 Å². The van der Waals surface area contributed by atoms with Crippen molar-refractivity contribution in [3.8, 4) is 11.4 Å². The van der Waals surface area contributed by atoms with Crippen molar-refractivity contribution in [3.05, 3.63) is 72.1 Å². The van der Waals surface area contributed by atoms with Gasteiger partial charge in [0.05, 0.1) is 16.9 Å². The summed E-state index contributed by atoms with van der Waals surface area (Å²) in [5, 5.41) is 16.0. The Kier molecular flexibility index (Phi) is 5.07. The van der Waals surface area contributed by atoms with Gasteiger partial charge >= 0.3 is 0 Å². The minimum absolute atomic E-state index is 0.00501. The SMILES string of the molecule is Cc1cc(NS(=O)c2ccc(C(C)(C)C)cc2O)n(-c2cccc3ncccc23)n1. The van der Waals surface area contributed by atoms with Crippen LogP contribution in [0.2, 0.25) is 0 Å². The van der Waals surface area contributed by atoms with Gasteiger partial charge in [0.1, 0.15) is 16.5 Å². The molecule has 2 aromatic heterocycles. The number of benzene rings is 2. The molecule has 1 atom stereocenters. The molecule has 0 aliphatic heterocycles. The Labute approximate surface area is 178 Å². The summed E-state index contributed by atoms with van der Waals surface area (Å²) in [6, 6.07) is 16.8. The van der Waals surface area contributed by atoms with Crippen LogP contribution in [0, 0.1) is 6.92 Å². The zero-order valence-corrected chi connectivity index (χ0v) is 18.2. The summed E-state index contributed by atoms with van der Waals surface area (Å²) in [5.41, 5.74) is 3.34. The highest BCUT2D eigenvalue weighted by Gasteiger charge is 2.19. The molecule has 0 amide bonds. The third-order valence-electron chi connectivity index (χ3n) is 4.90. The Balaban J connectivity index is 1.71. The van der Waals surface area contributed by atoms with Gasteiger partial charge in [-0.05, 0) is 54.3 Å². The highest BCUT2D eigenvalue weighted by molar-refractivity contribution is 7.86. The molecule has 0 aliphatic carbocycles. The highest BCUT2D eigenvalue weighted by atomic mass is 32.2. The molecule has 1 unspecified atom stereocenters. The molecule has 0 radical (unpaired) electrons. The minimum atomic E-state index is -1.66. The van der Waals surface area contributed by atoms with Gasteiger partial charge in [0.2, 0.25) is 0 Å². The maximum atomic E-state index is 13.0. The summed E-state index contributed by atoms with van der Waals surface area (Å²) in [4.78, 5) is 4.72. The van der Waals surface area contributed by atoms with E-state index in [0.717, 1.165) is 27.8 Å². The maximum Gasteiger partial charge on any atom is 0.155 e. The van der Waals surface area contributed by atoms with Crippen molar-refractivity contribution in [2.45, 2.75) is 38.0 Å². The standard InChI is InChI=1S/C23H24N4O2S/c1-15-13-22(26-30(29)21-11-10-16(14-20(21)28)23(2,3)4)27(25-15)19-9-5-8-18-17(19)7-6-12-24-18/h5-14,26,28H,1-4H3. The van der Waals surface area contributed by atoms with Crippen LogP contribution in [0.4, 0.5) is 5.82 Å². The molecule has 0 fully saturated rings. The second-order valence-electron chi connectivity index (χ2n) is 8.23. The summed E-state index contributed by atoms with van der Waals surface area (Å²) < 4.78 is 17.8. The van der Waals surface area contributed by atoms with Crippen molar-refractivity contribution in [2.75, 3.05) is 4.72 Å². The van der Waals surface area contributed by atoms with Gasteiger partial charge in [-0.15, -0.1) is 0 Å². The molecule has 30 heavy (non-hydrogen) atoms. The monoisotopic (exact) mass is 420 g/mol. The summed E-state index contributed by atoms with van der Waals surface area (Å²) in [5.74, 6) is 0.576. The summed E-state index contributed by atoms with van der Waals surface area (Å²) in [6.07, 6.45) is 1.75. The minimum Gasteiger partial charge on any atom is -0.507 e. The third kappa shape index (κ3) is 3.80. The molecule has 2 heterocycles. The lowest BCUT2D eigenvalue weighted by molar-refractivity contribution is 0.457. The van der Waals surface area contributed by atoms with Crippen molar-refractivity contribution >= 4 is 27.7 Å². The first-order chi connectivity index (χ1) is 14.2. The number of aromatic nitrogens is 3. The lowest BCUT2D eigenvalue weighted by atomic mass is 9.87. The first-order valence-electron chi connectivity index (χ1n) is 9.67. The third-order valence-corrected chi connectivity index (χ3v) is 6.04. The molecule has 0 saturated heterocycles. The molecule has 7 heteroatoms. The van der Waals surface area contributed by atoms with Gasteiger partial charge in [-0.1, -0.05) is 32.9 Å². The largest absolute Gasteiger partial charge is 0.507 e. The first-order valence-corrected chi connectivity index (χ1v) is 10.8. The fraction of sp³-hybridized carbons (Fsp3) is 0.217. The molecule has 6 nitrogen and oxygen atoms in total. The normalized spacial score (nSPS) is 12.8. The topological polar surface area (TPSA) is 80.0 Å². The van der Waals surface area contributed by atoms with E-state index >= 15 is 0 Å². The number of hydrogen-bond acceptors (Lipinski definition) is 4. The van der Waals surface area contributed by atoms with Crippen LogP contribution in [-0.4, -0.2) is 24.1 Å². The van der Waals surface area contributed by atoms with Gasteiger partial charge in [0, 0.05) is 17.6 Å². The fourth-order valence-corrected chi connectivity index (χ4v) is 4.20. The van der Waals surface area contributed by atoms with Gasteiger partial charge in [-0.25, -0.2) is 8.89 Å². The van der Waals surface area contributed by atoms with Crippen LogP contribution in [0.25, 0.3) is 16.6 Å². The van der Waals surface area contributed by atoms with Crippen molar-refractivity contribution in [1.82, 2.24) is 14.8 Å². The van der Waals surface area contributed by atoms with Gasteiger partial charge in [-0.3, -0.25) is 9.71 Å². The number of phenols is 1. The zero-order chi connectivity index (χ0) is 21.5. The number of nitrogens with zero attached hydrogens (tertiary/aromatic N) is 3. The van der Waals surface area contributed by atoms with E-state index in [1.54, 1.807) is 23.0 Å². The van der Waals surface area contributed by atoms with E-state index in [4.69, 9.17) is 0 Å². The van der Waals surface area contributed by atoms with Crippen LogP contribution in [0.1, 0.15) is 32.0 Å². The van der Waals surface area contributed by atoms with Crippen LogP contribution in [0.15, 0.2) is 65.7 Å². The average Bonchev–Trinajstić information content (AvgIpc) is 3.06. The number of aryl methyl sites for hydroxylation is 1. The van der Waals surface area contributed by atoms with Crippen molar-refractivity contribution < 1.29 is 9.32 Å². The quantitative estimate of drug-likeness (QED) is 0.494. The Morgan fingerprint density at radius 1 is 1.07 bits per heavy atom. The molecule has 154 valence electrons. The smallest absolute Gasteiger partial charge is 0.155 e. The van der Waals surface area contributed by atoms with Crippen LogP contribution < -0.4 is 4.72 Å². The van der Waals surface area contributed by atoms with Crippen LogP contribution in [-0.2, 0) is 16.4 Å². The predicted molar refractivity (Wildman–Crippen MR) is 120 cm³/mol. The predicted octanol–water partition coefficient (Wildman–Crippen LogP) is 4.87. The maximum absolute atomic E-state index is 13.0. The van der Waals surface area contributed by atoms with E-state index in [1.165, 1.54) is 0 Å². The molecule has 2 N–H and O–H groups in total. The molecule has 4 rings (SSSR count). The molecule has 0 saturated carbocycles. The Morgan fingerprint density at radius 2 is 1.87 bits per heavy atom. The zero-order valence-electron chi connectivity index (χ0n) is 17.4. The second-order valence-corrected chi connectivity index (χ2v) is 9.41. The van der Waals surface area contributed by atoms with Gasteiger partial charge in [0.15, 0.2) is 11.0 Å². The van der Waals surface area contributed by atoms with E-state index in [2.05, 4.69) is 35.6 Å². The first kappa shape index (κ1) is 20.1. The van der Waals surface area contributed by atoms with E-state index in [9.17, 15) is 9.32 Å². The Morgan fingerprint density at radius 3 is 2.60 bits per heavy atom. The summed E-state index contributed by atoms with van der Waals surface area (Å²) in [6.45, 7) is 8.08. The molecule has 0 spiro atoms. The number of nitrogens with one attached hydrogen (secondary N) is 1. The Hall–Kier alpha value is -3.19. The molecule has 4 aromatic rings. The lowest BCUT2D eigenvalue weighted by Gasteiger charge is -2.20. The molecule has 0 bridgehead atoms. The molecular formula is C23H24N4O2S. The lowest BCUT2D eigenvalue weighted by Crippen LogP contribution is -2.13. The van der Waals surface area contributed by atoms with Gasteiger partial charge in [-0.2, -0.15) is 5.10 Å². The van der Waals surface area contributed by atoms with Crippen molar-refractivity contribution in [2.24, 2.45) is 0 Å². The highest BCUT2D eigenvalue weighted by Crippen LogP contribution is 2.31. The average molecular weight is 421 g/mol. The number of fused-ring (bicyclic) bond motifs is 1. The van der Waals surface area contributed by atoms with E-state index in [1.807, 2.05) is 49.4 Å². The van der Waals surface area contributed by atoms with E-state index in [0.29, 0.717) is 10.7 Å². The van der Waals surface area contributed by atoms with Gasteiger partial charge < -0.3 is 5.11 Å². The van der Waals surface area contributed by atoms with E-state index < -0.39 is 11.0 Å². The van der Waals surface area contributed by atoms with Crippen LogP contribution in [0.5, 0.6) is 5.75 Å².